The van der Waals surface area contributed by atoms with Gasteiger partial charge in [-0.3, -0.25) is 0 Å². The third-order valence-electron chi connectivity index (χ3n) is 2.56. The van der Waals surface area contributed by atoms with E-state index in [9.17, 15) is 4.79 Å². The molecule has 1 aromatic rings. The van der Waals surface area contributed by atoms with Crippen LogP contribution < -0.4 is 5.32 Å². The van der Waals surface area contributed by atoms with E-state index in [0.29, 0.717) is 12.0 Å². The molecule has 0 aromatic heterocycles. The summed E-state index contributed by atoms with van der Waals surface area (Å²) in [5.41, 5.74) is 1.61. The zero-order chi connectivity index (χ0) is 10.7. The molecule has 1 aromatic carbocycles. The second-order valence-corrected chi connectivity index (χ2v) is 3.59. The number of carboxylic acid groups (broad SMARTS) is 1. The molecule has 0 radical (unpaired) electrons. The van der Waals surface area contributed by atoms with Crippen molar-refractivity contribution < 1.29 is 9.90 Å². The Balaban J connectivity index is 2.24. The molecule has 0 saturated heterocycles. The first-order valence-corrected chi connectivity index (χ1v) is 4.99. The maximum absolute atomic E-state index is 10.8. The maximum atomic E-state index is 10.8. The molecule has 0 saturated carbocycles. The van der Waals surface area contributed by atoms with E-state index in [4.69, 9.17) is 5.11 Å². The maximum Gasteiger partial charge on any atom is 0.331 e. The van der Waals surface area contributed by atoms with Gasteiger partial charge in [0.1, 0.15) is 0 Å². The molecule has 2 N–H and O–H groups in total. The van der Waals surface area contributed by atoms with Gasteiger partial charge in [-0.1, -0.05) is 36.4 Å². The van der Waals surface area contributed by atoms with E-state index in [0.717, 1.165) is 12.1 Å². The number of rotatable bonds is 2. The second kappa shape index (κ2) is 4.28. The monoisotopic (exact) mass is 203 g/mol. The predicted molar refractivity (Wildman–Crippen MR) is 57.5 cm³/mol. The number of benzene rings is 1. The highest BCUT2D eigenvalue weighted by atomic mass is 16.4. The first-order valence-electron chi connectivity index (χ1n) is 4.99. The molecule has 0 fully saturated rings. The predicted octanol–water partition coefficient (Wildman–Crippen LogP) is 1.73. The van der Waals surface area contributed by atoms with Crippen LogP contribution in [0.5, 0.6) is 0 Å². The number of aliphatic carboxylic acids is 1. The minimum absolute atomic E-state index is 0.0334. The van der Waals surface area contributed by atoms with Gasteiger partial charge < -0.3 is 10.4 Å². The van der Waals surface area contributed by atoms with Crippen LogP contribution in [0, 0.1) is 0 Å². The van der Waals surface area contributed by atoms with Crippen LogP contribution >= 0.6 is 0 Å². The van der Waals surface area contributed by atoms with Gasteiger partial charge in [0.2, 0.25) is 0 Å². The van der Waals surface area contributed by atoms with Crippen molar-refractivity contribution in [2.75, 3.05) is 6.54 Å². The van der Waals surface area contributed by atoms with E-state index >= 15 is 0 Å². The lowest BCUT2D eigenvalue weighted by Crippen LogP contribution is -2.27. The van der Waals surface area contributed by atoms with Crippen molar-refractivity contribution in [1.29, 1.82) is 0 Å². The number of hydrogen-bond donors (Lipinski definition) is 2. The van der Waals surface area contributed by atoms with Crippen LogP contribution in [0.1, 0.15) is 18.0 Å². The van der Waals surface area contributed by atoms with Gasteiger partial charge in [0.15, 0.2) is 0 Å². The van der Waals surface area contributed by atoms with E-state index in [1.165, 1.54) is 0 Å². The molecule has 0 spiro atoms. The van der Waals surface area contributed by atoms with Crippen molar-refractivity contribution in [1.82, 2.24) is 5.32 Å². The van der Waals surface area contributed by atoms with Crippen LogP contribution in [0.3, 0.4) is 0 Å². The molecule has 1 atom stereocenters. The van der Waals surface area contributed by atoms with Crippen molar-refractivity contribution >= 4 is 5.97 Å². The van der Waals surface area contributed by atoms with Crippen molar-refractivity contribution in [3.05, 3.63) is 47.5 Å². The molecule has 3 nitrogen and oxygen atoms in total. The summed E-state index contributed by atoms with van der Waals surface area (Å²) in [6, 6.07) is 9.90. The fourth-order valence-electron chi connectivity index (χ4n) is 1.76. The van der Waals surface area contributed by atoms with Gasteiger partial charge in [0, 0.05) is 12.1 Å². The first kappa shape index (κ1) is 9.93. The van der Waals surface area contributed by atoms with Gasteiger partial charge in [-0.2, -0.15) is 0 Å². The normalized spacial score (nSPS) is 20.8. The van der Waals surface area contributed by atoms with Crippen LogP contribution in [0.4, 0.5) is 0 Å². The summed E-state index contributed by atoms with van der Waals surface area (Å²) in [5, 5.41) is 12.2. The van der Waals surface area contributed by atoms with Crippen molar-refractivity contribution in [2.24, 2.45) is 0 Å². The molecule has 1 aliphatic rings. The van der Waals surface area contributed by atoms with Crippen LogP contribution in [0.2, 0.25) is 0 Å². The Hall–Kier alpha value is -1.61. The minimum Gasteiger partial charge on any atom is -0.478 e. The molecule has 0 bridgehead atoms. The summed E-state index contributed by atoms with van der Waals surface area (Å²) in [4.78, 5) is 10.8. The third-order valence-corrected chi connectivity index (χ3v) is 2.56. The average Bonchev–Trinajstić information content (AvgIpc) is 2.30. The smallest absolute Gasteiger partial charge is 0.331 e. The zero-order valence-electron chi connectivity index (χ0n) is 8.31. The third kappa shape index (κ3) is 2.25. The zero-order valence-corrected chi connectivity index (χ0v) is 8.31. The Labute approximate surface area is 88.4 Å². The molecule has 0 amide bonds. The fourth-order valence-corrected chi connectivity index (χ4v) is 1.76. The molecule has 1 aliphatic heterocycles. The van der Waals surface area contributed by atoms with Gasteiger partial charge in [-0.05, 0) is 12.0 Å². The van der Waals surface area contributed by atoms with Crippen LogP contribution in [0.15, 0.2) is 42.0 Å². The Morgan fingerprint density at radius 1 is 1.33 bits per heavy atom. The second-order valence-electron chi connectivity index (χ2n) is 3.59. The van der Waals surface area contributed by atoms with Crippen LogP contribution in [0.25, 0.3) is 0 Å². The van der Waals surface area contributed by atoms with E-state index < -0.39 is 5.97 Å². The fraction of sp³-hybridized carbons (Fsp3) is 0.250. The summed E-state index contributed by atoms with van der Waals surface area (Å²) in [5.74, 6) is -0.808. The largest absolute Gasteiger partial charge is 0.478 e. The number of carbonyl (C=O) groups is 1. The van der Waals surface area contributed by atoms with E-state index in [1.54, 1.807) is 6.08 Å². The number of hydrogen-bond acceptors (Lipinski definition) is 2. The Morgan fingerprint density at radius 3 is 2.73 bits per heavy atom. The lowest BCUT2D eigenvalue weighted by atomic mass is 9.99. The SMILES string of the molecule is O=C(O)C1=CC(c2ccccc2)NCC1. The Morgan fingerprint density at radius 2 is 2.07 bits per heavy atom. The van der Waals surface area contributed by atoms with Crippen molar-refractivity contribution in [3.63, 3.8) is 0 Å². The molecule has 0 aliphatic carbocycles. The highest BCUT2D eigenvalue weighted by Gasteiger charge is 2.17. The van der Waals surface area contributed by atoms with Crippen molar-refractivity contribution in [3.8, 4) is 0 Å². The summed E-state index contributed by atoms with van der Waals surface area (Å²) < 4.78 is 0. The number of carboxylic acids is 1. The summed E-state index contributed by atoms with van der Waals surface area (Å²) in [6.45, 7) is 0.720. The topological polar surface area (TPSA) is 49.3 Å². The van der Waals surface area contributed by atoms with Gasteiger partial charge in [0.25, 0.3) is 0 Å². The van der Waals surface area contributed by atoms with Crippen LogP contribution in [-0.4, -0.2) is 17.6 Å². The summed E-state index contributed by atoms with van der Waals surface area (Å²) in [6.07, 6.45) is 2.39. The quantitative estimate of drug-likeness (QED) is 0.769. The van der Waals surface area contributed by atoms with Gasteiger partial charge >= 0.3 is 5.97 Å². The molecule has 1 heterocycles. The molecule has 3 heteroatoms. The van der Waals surface area contributed by atoms with E-state index in [2.05, 4.69) is 5.32 Å². The van der Waals surface area contributed by atoms with Gasteiger partial charge in [-0.25, -0.2) is 4.79 Å². The first-order chi connectivity index (χ1) is 7.27. The Kier molecular flexibility index (Phi) is 2.83. The van der Waals surface area contributed by atoms with Gasteiger partial charge in [0.05, 0.1) is 6.04 Å². The summed E-state index contributed by atoms with van der Waals surface area (Å²) >= 11 is 0. The minimum atomic E-state index is -0.808. The molecule has 15 heavy (non-hydrogen) atoms. The molecular formula is C12H13NO2. The summed E-state index contributed by atoms with van der Waals surface area (Å²) in [7, 11) is 0. The van der Waals surface area contributed by atoms with Gasteiger partial charge in [-0.15, -0.1) is 0 Å². The molecule has 78 valence electrons. The van der Waals surface area contributed by atoms with E-state index in [1.807, 2.05) is 30.3 Å². The molecular weight excluding hydrogens is 190 g/mol. The van der Waals surface area contributed by atoms with Crippen molar-refractivity contribution in [2.45, 2.75) is 12.5 Å². The standard InChI is InChI=1S/C12H13NO2/c14-12(15)10-6-7-13-11(8-10)9-4-2-1-3-5-9/h1-5,8,11,13H,6-7H2,(H,14,15). The Bertz CT molecular complexity index is 384. The number of nitrogens with one attached hydrogen (secondary N) is 1. The lowest BCUT2D eigenvalue weighted by molar-refractivity contribution is -0.132. The molecule has 2 rings (SSSR count). The highest BCUT2D eigenvalue weighted by molar-refractivity contribution is 5.86. The van der Waals surface area contributed by atoms with E-state index in [-0.39, 0.29) is 6.04 Å². The molecule has 1 unspecified atom stereocenters. The lowest BCUT2D eigenvalue weighted by Gasteiger charge is -2.21. The average molecular weight is 203 g/mol. The van der Waals surface area contributed by atoms with Crippen LogP contribution in [-0.2, 0) is 4.79 Å². The highest BCUT2D eigenvalue weighted by Crippen LogP contribution is 2.20.